The summed E-state index contributed by atoms with van der Waals surface area (Å²) >= 11 is 4.03. The standard InChI is InChI=1S/C30H18F4I2N4O3/c31-21-9-2-4-11-25(21)38-26(41)16-43-27-22(35)12-17(13-23(27)36)15-37-40-28(18-6-5-7-19(14-18)30(32,33)34)39-24-10-3-1-8-20(24)29(40)42/h1-15H,16H2,(H,38,41). The van der Waals surface area contributed by atoms with Crippen LogP contribution in [0.5, 0.6) is 5.75 Å². The number of hydrogen-bond acceptors (Lipinski definition) is 5. The molecule has 7 nitrogen and oxygen atoms in total. The molecule has 218 valence electrons. The van der Waals surface area contributed by atoms with E-state index in [1.807, 2.05) is 45.2 Å². The van der Waals surface area contributed by atoms with Gasteiger partial charge in [-0.1, -0.05) is 36.4 Å². The quantitative estimate of drug-likeness (QED) is 0.106. The Hall–Kier alpha value is -3.86. The van der Waals surface area contributed by atoms with Gasteiger partial charge in [0.25, 0.3) is 11.5 Å². The van der Waals surface area contributed by atoms with E-state index in [1.54, 1.807) is 42.5 Å². The van der Waals surface area contributed by atoms with Gasteiger partial charge in [0.15, 0.2) is 12.4 Å². The molecule has 0 aliphatic rings. The van der Waals surface area contributed by atoms with Crippen LogP contribution in [0, 0.1) is 13.0 Å². The molecule has 1 aromatic heterocycles. The molecular weight excluding hydrogens is 794 g/mol. The van der Waals surface area contributed by atoms with Crippen molar-refractivity contribution in [1.29, 1.82) is 0 Å². The Morgan fingerprint density at radius 3 is 2.40 bits per heavy atom. The zero-order valence-corrected chi connectivity index (χ0v) is 26.0. The summed E-state index contributed by atoms with van der Waals surface area (Å²) in [4.78, 5) is 30.2. The van der Waals surface area contributed by atoms with Crippen LogP contribution in [-0.4, -0.2) is 28.4 Å². The number of aromatic nitrogens is 2. The molecule has 13 heteroatoms. The lowest BCUT2D eigenvalue weighted by Gasteiger charge is -2.13. The number of amides is 1. The number of alkyl halides is 3. The Morgan fingerprint density at radius 1 is 0.977 bits per heavy atom. The molecule has 0 spiro atoms. The molecule has 0 atom stereocenters. The van der Waals surface area contributed by atoms with Gasteiger partial charge in [0.1, 0.15) is 11.6 Å². The molecule has 0 aliphatic heterocycles. The number of ether oxygens (including phenoxy) is 1. The summed E-state index contributed by atoms with van der Waals surface area (Å²) in [6.07, 6.45) is -3.20. The minimum atomic E-state index is -4.59. The lowest BCUT2D eigenvalue weighted by Crippen LogP contribution is -2.21. The van der Waals surface area contributed by atoms with Crippen LogP contribution in [0.3, 0.4) is 0 Å². The van der Waals surface area contributed by atoms with Gasteiger partial charge >= 0.3 is 6.18 Å². The van der Waals surface area contributed by atoms with E-state index in [4.69, 9.17) is 4.74 Å². The summed E-state index contributed by atoms with van der Waals surface area (Å²) in [5.41, 5.74) is -0.473. The fourth-order valence-corrected chi connectivity index (χ4v) is 6.18. The highest BCUT2D eigenvalue weighted by Gasteiger charge is 2.31. The number of nitrogens with one attached hydrogen (secondary N) is 1. The number of benzene rings is 4. The fraction of sp³-hybridized carbons (Fsp3) is 0.0667. The molecule has 0 unspecified atom stereocenters. The van der Waals surface area contributed by atoms with Crippen molar-refractivity contribution in [2.24, 2.45) is 5.10 Å². The Bertz CT molecular complexity index is 1920. The first kappa shape index (κ1) is 30.6. The summed E-state index contributed by atoms with van der Waals surface area (Å²) in [7, 11) is 0. The SMILES string of the molecule is O=C(COc1c(I)cc(C=Nn2c(-c3cccc(C(F)(F)F)c3)nc3ccccc3c2=O)cc1I)Nc1ccccc1F. The van der Waals surface area contributed by atoms with Crippen molar-refractivity contribution >= 4 is 73.9 Å². The highest BCUT2D eigenvalue weighted by Crippen LogP contribution is 2.32. The highest BCUT2D eigenvalue weighted by atomic mass is 127. The van der Waals surface area contributed by atoms with Crippen LogP contribution in [0.2, 0.25) is 0 Å². The normalized spacial score (nSPS) is 11.7. The molecule has 5 rings (SSSR count). The van der Waals surface area contributed by atoms with Gasteiger partial charge in [0.05, 0.1) is 35.5 Å². The number of carbonyl (C=O) groups excluding carboxylic acids is 1. The lowest BCUT2D eigenvalue weighted by atomic mass is 10.1. The van der Waals surface area contributed by atoms with Crippen molar-refractivity contribution in [1.82, 2.24) is 9.66 Å². The van der Waals surface area contributed by atoms with E-state index >= 15 is 0 Å². The lowest BCUT2D eigenvalue weighted by molar-refractivity contribution is -0.137. The van der Waals surface area contributed by atoms with Gasteiger partial charge in [0, 0.05) is 5.56 Å². The van der Waals surface area contributed by atoms with Crippen LogP contribution in [0.15, 0.2) is 94.8 Å². The number of carbonyl (C=O) groups is 1. The largest absolute Gasteiger partial charge is 0.482 e. The Labute approximate surface area is 268 Å². The third-order valence-electron chi connectivity index (χ3n) is 6.04. The second-order valence-corrected chi connectivity index (χ2v) is 11.3. The van der Waals surface area contributed by atoms with Crippen molar-refractivity contribution in [3.8, 4) is 17.1 Å². The van der Waals surface area contributed by atoms with Gasteiger partial charge in [-0.15, -0.1) is 0 Å². The second-order valence-electron chi connectivity index (χ2n) is 9.02. The van der Waals surface area contributed by atoms with E-state index in [2.05, 4.69) is 15.4 Å². The minimum absolute atomic E-state index is 0.0370. The third-order valence-corrected chi connectivity index (χ3v) is 7.64. The highest BCUT2D eigenvalue weighted by molar-refractivity contribution is 14.1. The first-order valence-electron chi connectivity index (χ1n) is 12.4. The molecule has 0 bridgehead atoms. The molecule has 43 heavy (non-hydrogen) atoms. The van der Waals surface area contributed by atoms with Gasteiger partial charge in [0.2, 0.25) is 0 Å². The summed E-state index contributed by atoms with van der Waals surface area (Å²) in [5, 5.41) is 7.02. The number of hydrogen-bond donors (Lipinski definition) is 1. The van der Waals surface area contributed by atoms with Crippen LogP contribution in [0.1, 0.15) is 11.1 Å². The van der Waals surface area contributed by atoms with E-state index in [1.165, 1.54) is 36.5 Å². The van der Waals surface area contributed by atoms with Crippen LogP contribution < -0.4 is 15.6 Å². The molecule has 1 heterocycles. The molecular formula is C30H18F4I2N4O3. The van der Waals surface area contributed by atoms with Gasteiger partial charge in [-0.05, 0) is 99.3 Å². The predicted octanol–water partition coefficient (Wildman–Crippen LogP) is 7.33. The van der Waals surface area contributed by atoms with Crippen molar-refractivity contribution in [3.63, 3.8) is 0 Å². The number of rotatable bonds is 7. The zero-order valence-electron chi connectivity index (χ0n) is 21.7. The van der Waals surface area contributed by atoms with Crippen LogP contribution in [-0.2, 0) is 11.0 Å². The first-order chi connectivity index (χ1) is 20.5. The number of para-hydroxylation sites is 2. The van der Waals surface area contributed by atoms with Crippen molar-refractivity contribution < 1.29 is 27.1 Å². The van der Waals surface area contributed by atoms with E-state index in [0.717, 1.165) is 16.8 Å². The Kier molecular flexibility index (Phi) is 9.10. The molecule has 0 aliphatic carbocycles. The first-order valence-corrected chi connectivity index (χ1v) is 14.6. The molecule has 1 amide bonds. The van der Waals surface area contributed by atoms with E-state index < -0.39 is 29.0 Å². The van der Waals surface area contributed by atoms with E-state index in [-0.39, 0.29) is 29.1 Å². The molecule has 0 fully saturated rings. The van der Waals surface area contributed by atoms with E-state index in [9.17, 15) is 27.2 Å². The number of halogens is 6. The van der Waals surface area contributed by atoms with Crippen molar-refractivity contribution in [2.45, 2.75) is 6.18 Å². The van der Waals surface area contributed by atoms with Crippen LogP contribution in [0.25, 0.3) is 22.3 Å². The Balaban J connectivity index is 1.45. The monoisotopic (exact) mass is 812 g/mol. The van der Waals surface area contributed by atoms with Gasteiger partial charge < -0.3 is 10.1 Å². The smallest absolute Gasteiger partial charge is 0.416 e. The maximum absolute atomic E-state index is 13.8. The second kappa shape index (κ2) is 12.8. The molecule has 0 saturated carbocycles. The summed E-state index contributed by atoms with van der Waals surface area (Å²) in [6.45, 7) is -0.369. The average Bonchev–Trinajstić information content (AvgIpc) is 2.97. The maximum Gasteiger partial charge on any atom is 0.416 e. The summed E-state index contributed by atoms with van der Waals surface area (Å²) in [6, 6.07) is 20.2. The molecule has 0 radical (unpaired) electrons. The molecule has 4 aromatic carbocycles. The topological polar surface area (TPSA) is 85.6 Å². The fourth-order valence-electron chi connectivity index (χ4n) is 4.06. The van der Waals surface area contributed by atoms with Crippen LogP contribution in [0.4, 0.5) is 23.2 Å². The van der Waals surface area contributed by atoms with E-state index in [0.29, 0.717) is 24.0 Å². The van der Waals surface area contributed by atoms with Crippen LogP contribution >= 0.6 is 45.2 Å². The van der Waals surface area contributed by atoms with Crippen molar-refractivity contribution in [2.75, 3.05) is 11.9 Å². The summed E-state index contributed by atoms with van der Waals surface area (Å²) in [5.74, 6) is -0.763. The third kappa shape index (κ3) is 7.04. The zero-order chi connectivity index (χ0) is 30.7. The molecule has 0 saturated heterocycles. The average molecular weight is 812 g/mol. The minimum Gasteiger partial charge on any atom is -0.482 e. The van der Waals surface area contributed by atoms with Gasteiger partial charge in [-0.25, -0.2) is 9.37 Å². The summed E-state index contributed by atoms with van der Waals surface area (Å²) < 4.78 is 62.0. The number of anilines is 1. The number of nitrogens with zero attached hydrogens (tertiary/aromatic N) is 3. The molecule has 1 N–H and O–H groups in total. The number of fused-ring (bicyclic) bond motifs is 1. The maximum atomic E-state index is 13.8. The van der Waals surface area contributed by atoms with Crippen molar-refractivity contribution in [3.05, 3.63) is 119 Å². The van der Waals surface area contributed by atoms with Gasteiger partial charge in [-0.2, -0.15) is 22.9 Å². The predicted molar refractivity (Wildman–Crippen MR) is 172 cm³/mol. The molecule has 5 aromatic rings. The van der Waals surface area contributed by atoms with Gasteiger partial charge in [-0.3, -0.25) is 9.59 Å². The Morgan fingerprint density at radius 2 is 1.67 bits per heavy atom.